The van der Waals surface area contributed by atoms with Crippen molar-refractivity contribution in [3.05, 3.63) is 11.6 Å². The molecule has 7 nitrogen and oxygen atoms in total. The number of aryl methyl sites for hydroxylation is 1. The van der Waals surface area contributed by atoms with Gasteiger partial charge in [-0.3, -0.25) is 4.79 Å². The molecule has 0 saturated carbocycles. The van der Waals surface area contributed by atoms with Gasteiger partial charge in [0.15, 0.2) is 0 Å². The van der Waals surface area contributed by atoms with Gasteiger partial charge in [0.2, 0.25) is 5.91 Å². The lowest BCUT2D eigenvalue weighted by Crippen LogP contribution is -2.52. The highest BCUT2D eigenvalue weighted by Gasteiger charge is 2.28. The van der Waals surface area contributed by atoms with Gasteiger partial charge < -0.3 is 19.5 Å². The predicted octanol–water partition coefficient (Wildman–Crippen LogP) is 0.553. The molecule has 1 saturated heterocycles. The maximum Gasteiger partial charge on any atom is 0.239 e. The van der Waals surface area contributed by atoms with Crippen LogP contribution < -0.4 is 5.32 Å². The number of morpholine rings is 1. The number of nitrogens with zero attached hydrogens (tertiary/aromatic N) is 4. The Kier molecular flexibility index (Phi) is 4.96. The summed E-state index contributed by atoms with van der Waals surface area (Å²) in [5.74, 6) is 2.65. The van der Waals surface area contributed by atoms with Crippen LogP contribution in [0.15, 0.2) is 0 Å². The zero-order valence-electron chi connectivity index (χ0n) is 14.3. The summed E-state index contributed by atoms with van der Waals surface area (Å²) in [6.45, 7) is 9.76. The van der Waals surface area contributed by atoms with E-state index in [1.807, 2.05) is 11.8 Å². The molecule has 0 spiro atoms. The van der Waals surface area contributed by atoms with Gasteiger partial charge in [-0.2, -0.15) is 0 Å². The Hall–Kier alpha value is -1.47. The van der Waals surface area contributed by atoms with E-state index in [1.54, 1.807) is 0 Å². The standard InChI is InChI=1S/C16H27N5O2/c1-11(2)15-19-18-14-5-4-13(10-21(14)15)17-12(3)16(22)20-6-8-23-9-7-20/h11-13,17H,4-10H2,1-3H3/t12-,13-/m0/s1. The first-order valence-corrected chi connectivity index (χ1v) is 8.60. The molecule has 0 aliphatic carbocycles. The van der Waals surface area contributed by atoms with E-state index in [0.717, 1.165) is 31.0 Å². The summed E-state index contributed by atoms with van der Waals surface area (Å²) in [6.07, 6.45) is 1.91. The average molecular weight is 321 g/mol. The maximum absolute atomic E-state index is 12.5. The van der Waals surface area contributed by atoms with Crippen LogP contribution in [0, 0.1) is 0 Å². The largest absolute Gasteiger partial charge is 0.378 e. The third-order valence-electron chi connectivity index (χ3n) is 4.67. The molecule has 128 valence electrons. The fourth-order valence-electron chi connectivity index (χ4n) is 3.39. The Morgan fingerprint density at radius 1 is 1.26 bits per heavy atom. The molecule has 1 aromatic rings. The summed E-state index contributed by atoms with van der Waals surface area (Å²) >= 11 is 0. The smallest absolute Gasteiger partial charge is 0.239 e. The average Bonchev–Trinajstić information content (AvgIpc) is 2.98. The van der Waals surface area contributed by atoms with E-state index >= 15 is 0 Å². The first-order valence-electron chi connectivity index (χ1n) is 8.60. The number of ether oxygens (including phenoxy) is 1. The van der Waals surface area contributed by atoms with Crippen molar-refractivity contribution in [1.82, 2.24) is 25.0 Å². The highest BCUT2D eigenvalue weighted by Crippen LogP contribution is 2.20. The second-order valence-electron chi connectivity index (χ2n) is 6.80. The minimum Gasteiger partial charge on any atom is -0.378 e. The van der Waals surface area contributed by atoms with Crippen molar-refractivity contribution in [3.63, 3.8) is 0 Å². The van der Waals surface area contributed by atoms with Crippen LogP contribution in [0.4, 0.5) is 0 Å². The molecule has 3 rings (SSSR count). The Balaban J connectivity index is 1.60. The van der Waals surface area contributed by atoms with Crippen molar-refractivity contribution in [3.8, 4) is 0 Å². The van der Waals surface area contributed by atoms with Crippen LogP contribution in [0.3, 0.4) is 0 Å². The molecule has 1 N–H and O–H groups in total. The Labute approximate surface area is 137 Å². The SMILES string of the molecule is CC(C)c1nnc2n1C[C@@H](N[C@@H](C)C(=O)N1CCOCC1)CC2. The van der Waals surface area contributed by atoms with Crippen molar-refractivity contribution >= 4 is 5.91 Å². The molecule has 0 aromatic carbocycles. The third kappa shape index (κ3) is 3.55. The van der Waals surface area contributed by atoms with E-state index in [4.69, 9.17) is 4.74 Å². The molecule has 3 heterocycles. The van der Waals surface area contributed by atoms with Gasteiger partial charge in [-0.25, -0.2) is 0 Å². The van der Waals surface area contributed by atoms with Crippen molar-refractivity contribution < 1.29 is 9.53 Å². The van der Waals surface area contributed by atoms with Gasteiger partial charge in [-0.15, -0.1) is 10.2 Å². The second kappa shape index (κ2) is 6.97. The van der Waals surface area contributed by atoms with Crippen molar-refractivity contribution in [2.75, 3.05) is 26.3 Å². The lowest BCUT2D eigenvalue weighted by atomic mass is 10.0. The fourth-order valence-corrected chi connectivity index (χ4v) is 3.39. The molecular formula is C16H27N5O2. The van der Waals surface area contributed by atoms with Gasteiger partial charge >= 0.3 is 0 Å². The van der Waals surface area contributed by atoms with E-state index in [1.165, 1.54) is 0 Å². The summed E-state index contributed by atoms with van der Waals surface area (Å²) in [5.41, 5.74) is 0. The lowest BCUT2D eigenvalue weighted by molar-refractivity contribution is -0.137. The summed E-state index contributed by atoms with van der Waals surface area (Å²) in [5, 5.41) is 12.1. The van der Waals surface area contributed by atoms with E-state index in [-0.39, 0.29) is 18.0 Å². The summed E-state index contributed by atoms with van der Waals surface area (Å²) < 4.78 is 7.53. The molecule has 1 aromatic heterocycles. The van der Waals surface area contributed by atoms with Crippen LogP contribution in [0.5, 0.6) is 0 Å². The van der Waals surface area contributed by atoms with Gasteiger partial charge in [0, 0.05) is 38.0 Å². The minimum absolute atomic E-state index is 0.168. The maximum atomic E-state index is 12.5. The normalized spacial score (nSPS) is 23.0. The lowest BCUT2D eigenvalue weighted by Gasteiger charge is -2.32. The van der Waals surface area contributed by atoms with Crippen LogP contribution in [0.2, 0.25) is 0 Å². The van der Waals surface area contributed by atoms with Gasteiger partial charge in [-0.05, 0) is 13.3 Å². The number of nitrogens with one attached hydrogen (secondary N) is 1. The summed E-state index contributed by atoms with van der Waals surface area (Å²) in [4.78, 5) is 14.4. The Morgan fingerprint density at radius 2 is 2.00 bits per heavy atom. The number of carbonyl (C=O) groups excluding carboxylic acids is 1. The van der Waals surface area contributed by atoms with Gasteiger partial charge in [0.25, 0.3) is 0 Å². The molecule has 23 heavy (non-hydrogen) atoms. The van der Waals surface area contributed by atoms with E-state index in [0.29, 0.717) is 32.2 Å². The van der Waals surface area contributed by atoms with E-state index in [9.17, 15) is 4.79 Å². The van der Waals surface area contributed by atoms with Crippen LogP contribution in [0.1, 0.15) is 44.8 Å². The molecule has 7 heteroatoms. The van der Waals surface area contributed by atoms with Gasteiger partial charge in [-0.1, -0.05) is 13.8 Å². The number of fused-ring (bicyclic) bond motifs is 1. The van der Waals surface area contributed by atoms with Crippen molar-refractivity contribution in [1.29, 1.82) is 0 Å². The number of aromatic nitrogens is 3. The third-order valence-corrected chi connectivity index (χ3v) is 4.67. The van der Waals surface area contributed by atoms with Gasteiger partial charge in [0.1, 0.15) is 11.6 Å². The predicted molar refractivity (Wildman–Crippen MR) is 86.2 cm³/mol. The second-order valence-corrected chi connectivity index (χ2v) is 6.80. The summed E-state index contributed by atoms with van der Waals surface area (Å²) in [6, 6.07) is 0.120. The van der Waals surface area contributed by atoms with E-state index in [2.05, 4.69) is 33.9 Å². The molecule has 2 atom stereocenters. The minimum atomic E-state index is -0.168. The quantitative estimate of drug-likeness (QED) is 0.877. The number of amides is 1. The molecular weight excluding hydrogens is 294 g/mol. The van der Waals surface area contributed by atoms with Crippen LogP contribution in [0.25, 0.3) is 0 Å². The summed E-state index contributed by atoms with van der Waals surface area (Å²) in [7, 11) is 0. The number of carbonyl (C=O) groups is 1. The Morgan fingerprint density at radius 3 is 2.70 bits per heavy atom. The first kappa shape index (κ1) is 16.4. The monoisotopic (exact) mass is 321 g/mol. The van der Waals surface area contributed by atoms with Crippen molar-refractivity contribution in [2.45, 2.75) is 58.2 Å². The van der Waals surface area contributed by atoms with Crippen molar-refractivity contribution in [2.24, 2.45) is 0 Å². The number of hydrogen-bond acceptors (Lipinski definition) is 5. The number of hydrogen-bond donors (Lipinski definition) is 1. The molecule has 1 fully saturated rings. The van der Waals surface area contributed by atoms with Gasteiger partial charge in [0.05, 0.1) is 19.3 Å². The van der Waals surface area contributed by atoms with Crippen LogP contribution in [-0.4, -0.2) is 64.0 Å². The van der Waals surface area contributed by atoms with Crippen LogP contribution >= 0.6 is 0 Å². The molecule has 1 amide bonds. The highest BCUT2D eigenvalue weighted by atomic mass is 16.5. The molecule has 0 bridgehead atoms. The highest BCUT2D eigenvalue weighted by molar-refractivity contribution is 5.81. The molecule has 2 aliphatic rings. The molecule has 0 radical (unpaired) electrons. The zero-order valence-corrected chi connectivity index (χ0v) is 14.3. The molecule has 2 aliphatic heterocycles. The first-order chi connectivity index (χ1) is 11.1. The topological polar surface area (TPSA) is 72.3 Å². The number of rotatable bonds is 4. The van der Waals surface area contributed by atoms with Crippen LogP contribution in [-0.2, 0) is 22.5 Å². The fraction of sp³-hybridized carbons (Fsp3) is 0.812. The Bertz CT molecular complexity index is 551. The zero-order chi connectivity index (χ0) is 16.4. The van der Waals surface area contributed by atoms with E-state index < -0.39 is 0 Å². The molecule has 0 unspecified atom stereocenters.